The molecule has 0 radical (unpaired) electrons. The van der Waals surface area contributed by atoms with Gasteiger partial charge in [-0.15, -0.1) is 0 Å². The summed E-state index contributed by atoms with van der Waals surface area (Å²) in [5, 5.41) is 0. The first kappa shape index (κ1) is 17.9. The molecule has 0 amide bonds. The van der Waals surface area contributed by atoms with E-state index in [4.69, 9.17) is 4.74 Å². The maximum absolute atomic E-state index is 5.62. The van der Waals surface area contributed by atoms with Crippen LogP contribution >= 0.6 is 0 Å². The number of likely N-dealkylation sites (N-methyl/N-ethyl adjacent to an activating group) is 1. The number of likely N-dealkylation sites (tertiary alicyclic amines) is 1. The average Bonchev–Trinajstić information content (AvgIpc) is 2.51. The Morgan fingerprint density at radius 3 is 2.40 bits per heavy atom. The second-order valence-corrected chi connectivity index (χ2v) is 3.49. The maximum Gasteiger partial charge on any atom is 2.00 e. The molecule has 3 nitrogen and oxygen atoms in total. The number of hydrogen-bond acceptors (Lipinski definition) is 3. The molecule has 0 bridgehead atoms. The van der Waals surface area contributed by atoms with Gasteiger partial charge in [-0.25, -0.2) is 0 Å². The summed E-state index contributed by atoms with van der Waals surface area (Å²) in [4.78, 5) is 4.47. The van der Waals surface area contributed by atoms with E-state index in [1.165, 1.54) is 0 Å². The van der Waals surface area contributed by atoms with Gasteiger partial charge in [-0.05, 0) is 20.1 Å². The van der Waals surface area contributed by atoms with Gasteiger partial charge in [0.15, 0.2) is 0 Å². The summed E-state index contributed by atoms with van der Waals surface area (Å²) in [5.41, 5.74) is 0. The summed E-state index contributed by atoms with van der Waals surface area (Å²) in [7, 11) is 6.09. The molecule has 2 unspecified atom stereocenters. The molecule has 0 aromatic rings. The summed E-state index contributed by atoms with van der Waals surface area (Å²) >= 11 is 0. The van der Waals surface area contributed by atoms with Gasteiger partial charge in [-0.3, -0.25) is 11.9 Å². The first-order valence-electron chi connectivity index (χ1n) is 4.85. The van der Waals surface area contributed by atoms with E-state index in [2.05, 4.69) is 30.8 Å². The van der Waals surface area contributed by atoms with Crippen molar-refractivity contribution >= 4 is 0 Å². The number of rotatable bonds is 0. The van der Waals surface area contributed by atoms with Gasteiger partial charge in [0.1, 0.15) is 0 Å². The molecule has 2 saturated heterocycles. The van der Waals surface area contributed by atoms with Crippen LogP contribution in [0.25, 0.3) is 0 Å². The summed E-state index contributed by atoms with van der Waals surface area (Å²) in [5.74, 6) is 0. The predicted molar refractivity (Wildman–Crippen MR) is 60.9 cm³/mol. The summed E-state index contributed by atoms with van der Waals surface area (Å²) < 4.78 is 5.62. The molecule has 0 N–H and O–H groups in total. The second-order valence-electron chi connectivity index (χ2n) is 3.49. The fraction of sp³-hybridized carbons (Fsp3) is 0.818. The quantitative estimate of drug-likeness (QED) is 0.586. The molecule has 2 rings (SSSR count). The van der Waals surface area contributed by atoms with Gasteiger partial charge in [0.05, 0.1) is 12.7 Å². The normalized spacial score (nSPS) is 30.4. The minimum Gasteiger partial charge on any atom is -0.456 e. The second kappa shape index (κ2) is 8.69. The van der Waals surface area contributed by atoms with Crippen molar-refractivity contribution < 1.29 is 25.8 Å². The Morgan fingerprint density at radius 1 is 1.27 bits per heavy atom. The number of ether oxygens (including phenoxy) is 1. The van der Waals surface area contributed by atoms with Crippen LogP contribution in [0.1, 0.15) is 14.4 Å². The smallest absolute Gasteiger partial charge is 0.456 e. The van der Waals surface area contributed by atoms with Crippen molar-refractivity contribution in [3.05, 3.63) is 14.0 Å². The van der Waals surface area contributed by atoms with Gasteiger partial charge in [0, 0.05) is 12.6 Å². The number of morpholine rings is 1. The fourth-order valence-corrected chi connectivity index (χ4v) is 1.93. The molecule has 0 aromatic heterocycles. The molecule has 0 aromatic carbocycles. The molecule has 2 fully saturated rings. The van der Waals surface area contributed by atoms with Crippen molar-refractivity contribution in [3.8, 4) is 0 Å². The van der Waals surface area contributed by atoms with Crippen LogP contribution in [-0.2, 0) is 25.8 Å². The Balaban J connectivity index is 0. The Kier molecular flexibility index (Phi) is 10.4. The van der Waals surface area contributed by atoms with Crippen LogP contribution in [0, 0.1) is 14.0 Å². The summed E-state index contributed by atoms with van der Waals surface area (Å²) in [6, 6.07) is 0.584. The minimum absolute atomic E-state index is 0. The third-order valence-corrected chi connectivity index (χ3v) is 2.65. The van der Waals surface area contributed by atoms with E-state index >= 15 is 0 Å². The molecular formula is C11H24N2OW. The number of nitrogens with zero attached hydrogens (tertiary/aromatic N) is 2. The molecule has 0 aliphatic carbocycles. The largest absolute Gasteiger partial charge is 2.00 e. The molecule has 0 spiro atoms. The monoisotopic (exact) mass is 384 g/mol. The van der Waals surface area contributed by atoms with Crippen molar-refractivity contribution in [2.75, 3.05) is 33.3 Å². The van der Waals surface area contributed by atoms with Crippen LogP contribution in [-0.4, -0.2) is 55.2 Å². The maximum atomic E-state index is 5.62. The van der Waals surface area contributed by atoms with Crippen LogP contribution in [0.4, 0.5) is 0 Å². The predicted octanol–water partition coefficient (Wildman–Crippen LogP) is 1.27. The van der Waals surface area contributed by atoms with E-state index in [1.807, 2.05) is 0 Å². The van der Waals surface area contributed by atoms with Crippen LogP contribution in [0.5, 0.6) is 0 Å². The summed E-state index contributed by atoms with van der Waals surface area (Å²) in [6.45, 7) is 9.00. The van der Waals surface area contributed by atoms with Gasteiger partial charge < -0.3 is 16.6 Å². The molecule has 2 aliphatic rings. The van der Waals surface area contributed by atoms with Gasteiger partial charge in [-0.2, -0.15) is 6.92 Å². The third kappa shape index (κ3) is 4.52. The average molecular weight is 384 g/mol. The molecule has 90 valence electrons. The number of hydrogen-bond donors (Lipinski definition) is 0. The Labute approximate surface area is 109 Å². The molecular weight excluding hydrogens is 360 g/mol. The Morgan fingerprint density at radius 2 is 1.87 bits per heavy atom. The molecule has 4 heteroatoms. The van der Waals surface area contributed by atoms with Crippen molar-refractivity contribution in [3.63, 3.8) is 0 Å². The third-order valence-electron chi connectivity index (χ3n) is 2.65. The van der Waals surface area contributed by atoms with Gasteiger partial charge >= 0.3 is 21.1 Å². The topological polar surface area (TPSA) is 15.7 Å². The molecule has 0 saturated carbocycles. The van der Waals surface area contributed by atoms with E-state index in [-0.39, 0.29) is 28.5 Å². The first-order chi connectivity index (χ1) is 6.27. The van der Waals surface area contributed by atoms with E-state index in [9.17, 15) is 0 Å². The van der Waals surface area contributed by atoms with E-state index in [0.29, 0.717) is 12.1 Å². The molecule has 2 heterocycles. The Hall–Kier alpha value is 0.568. The van der Waals surface area contributed by atoms with Crippen molar-refractivity contribution in [2.45, 2.75) is 26.5 Å². The van der Waals surface area contributed by atoms with Gasteiger partial charge in [-0.1, -0.05) is 7.43 Å². The van der Waals surface area contributed by atoms with Crippen molar-refractivity contribution in [1.29, 1.82) is 0 Å². The zero-order valence-electron chi connectivity index (χ0n) is 9.11. The van der Waals surface area contributed by atoms with Crippen molar-refractivity contribution in [1.82, 2.24) is 9.80 Å². The van der Waals surface area contributed by atoms with Crippen LogP contribution in [0.2, 0.25) is 0 Å². The summed E-state index contributed by atoms with van der Waals surface area (Å²) in [6.07, 6.45) is 0.409. The minimum atomic E-state index is 0. The zero-order chi connectivity index (χ0) is 9.84. The SMILES string of the molecule is C.[CH2-]C.[CH2-]N1CC2OCCN(C)C2C1.[W+2]. The first-order valence-corrected chi connectivity index (χ1v) is 4.85. The molecule has 2 aliphatic heterocycles. The molecule has 15 heavy (non-hydrogen) atoms. The van der Waals surface area contributed by atoms with Crippen molar-refractivity contribution in [2.24, 2.45) is 0 Å². The van der Waals surface area contributed by atoms with Crippen LogP contribution in [0.15, 0.2) is 0 Å². The standard InChI is InChI=1S/C8H15N2O.C2H5.CH4.W/c1-9-5-7-8(6-9)11-4-3-10(7)2;1-2;;/h7-8H,1,3-6H2,2H3;1H2,2H3;1H4;/q2*-1;;+2. The van der Waals surface area contributed by atoms with E-state index in [1.54, 1.807) is 6.92 Å². The zero-order valence-corrected chi connectivity index (χ0v) is 12.0. The number of fused-ring (bicyclic) bond motifs is 1. The fourth-order valence-electron chi connectivity index (χ4n) is 1.93. The van der Waals surface area contributed by atoms with Crippen LogP contribution < -0.4 is 0 Å². The van der Waals surface area contributed by atoms with Gasteiger partial charge in [0.2, 0.25) is 0 Å². The molecule has 2 atom stereocenters. The Bertz CT molecular complexity index is 158. The van der Waals surface area contributed by atoms with Crippen LogP contribution in [0.3, 0.4) is 0 Å². The van der Waals surface area contributed by atoms with Gasteiger partial charge in [0.25, 0.3) is 0 Å². The van der Waals surface area contributed by atoms with E-state index < -0.39 is 0 Å². The van der Waals surface area contributed by atoms with E-state index in [0.717, 1.165) is 26.2 Å².